The zero-order valence-corrected chi connectivity index (χ0v) is 23.4. The second kappa shape index (κ2) is 9.33. The van der Waals surface area contributed by atoms with E-state index in [-0.39, 0.29) is 36.4 Å². The van der Waals surface area contributed by atoms with Gasteiger partial charge in [-0.1, -0.05) is 53.2 Å². The number of hydrogen-bond donors (Lipinski definition) is 1. The lowest BCUT2D eigenvalue weighted by atomic mass is 9.45. The van der Waals surface area contributed by atoms with E-state index in [1.165, 1.54) is 6.08 Å². The van der Waals surface area contributed by atoms with Crippen LogP contribution >= 0.6 is 11.6 Å². The first-order valence-electron chi connectivity index (χ1n) is 13.4. The van der Waals surface area contributed by atoms with Gasteiger partial charge in [0.25, 0.3) is 0 Å². The maximum Gasteiger partial charge on any atom is 0.308 e. The predicted octanol–water partition coefficient (Wildman–Crippen LogP) is 4.33. The van der Waals surface area contributed by atoms with Gasteiger partial charge in [0.1, 0.15) is 0 Å². The molecule has 0 aliphatic heterocycles. The number of aliphatic hydroxyl groups is 1. The summed E-state index contributed by atoms with van der Waals surface area (Å²) in [6.07, 6.45) is 6.04. The molecule has 4 rings (SSSR count). The summed E-state index contributed by atoms with van der Waals surface area (Å²) in [5.41, 5.74) is -2.29. The number of rotatable bonds is 6. The molecule has 0 amide bonds. The summed E-state index contributed by atoms with van der Waals surface area (Å²) >= 11 is 7.49. The van der Waals surface area contributed by atoms with Crippen LogP contribution in [-0.2, 0) is 28.7 Å². The molecule has 37 heavy (non-hydrogen) atoms. The fourth-order valence-electron chi connectivity index (χ4n) is 8.06. The number of aliphatic hydroxyl groups excluding tert-OH is 1. The largest absolute Gasteiger partial charge is 0.457 e. The van der Waals surface area contributed by atoms with E-state index >= 15 is 0 Å². The Morgan fingerprint density at radius 3 is 2.51 bits per heavy atom. The molecule has 0 radical (unpaired) electrons. The summed E-state index contributed by atoms with van der Waals surface area (Å²) in [5.74, 6) is -2.66. The number of halogens is 1. The summed E-state index contributed by atoms with van der Waals surface area (Å²) < 4.78 is 11.4. The molecule has 0 aromatic carbocycles. The Morgan fingerprint density at radius 1 is 1.22 bits per heavy atom. The second-order valence-electron chi connectivity index (χ2n) is 12.2. The van der Waals surface area contributed by atoms with Crippen molar-refractivity contribution in [1.29, 1.82) is 0 Å². The van der Waals surface area contributed by atoms with Crippen molar-refractivity contribution in [3.05, 3.63) is 23.8 Å². The molecule has 0 aromatic heterocycles. The van der Waals surface area contributed by atoms with Gasteiger partial charge in [-0.05, 0) is 49.7 Å². The van der Waals surface area contributed by atoms with E-state index in [0.717, 1.165) is 5.57 Å². The Labute approximate surface area is 224 Å². The van der Waals surface area contributed by atoms with Crippen LogP contribution in [0.4, 0.5) is 0 Å². The topological polar surface area (TPSA) is 107 Å². The number of ketones is 2. The molecule has 8 unspecified atom stereocenters. The molecule has 8 heteroatoms. The first-order valence-corrected chi connectivity index (χ1v) is 13.8. The Morgan fingerprint density at radius 2 is 1.89 bits per heavy atom. The third-order valence-electron chi connectivity index (χ3n) is 9.98. The van der Waals surface area contributed by atoms with E-state index in [2.05, 4.69) is 0 Å². The summed E-state index contributed by atoms with van der Waals surface area (Å²) in [6, 6.07) is 0. The number of carbonyl (C=O) groups is 4. The second-order valence-corrected chi connectivity index (χ2v) is 12.8. The number of allylic oxidation sites excluding steroid dienone is 4. The summed E-state index contributed by atoms with van der Waals surface area (Å²) in [6.45, 7) is 10.3. The van der Waals surface area contributed by atoms with E-state index in [4.69, 9.17) is 21.1 Å². The Hall–Kier alpha value is -1.99. The van der Waals surface area contributed by atoms with Gasteiger partial charge in [-0.15, -0.1) is 11.6 Å². The number of ether oxygens (including phenoxy) is 2. The van der Waals surface area contributed by atoms with Gasteiger partial charge in [-0.2, -0.15) is 0 Å². The molecule has 0 saturated heterocycles. The van der Waals surface area contributed by atoms with Crippen LogP contribution in [-0.4, -0.2) is 51.8 Å². The third kappa shape index (κ3) is 3.78. The molecule has 3 saturated carbocycles. The minimum Gasteiger partial charge on any atom is -0.457 e. The van der Waals surface area contributed by atoms with Gasteiger partial charge < -0.3 is 14.6 Å². The first kappa shape index (κ1) is 28.0. The van der Waals surface area contributed by atoms with Crippen molar-refractivity contribution in [2.45, 2.75) is 90.2 Å². The van der Waals surface area contributed by atoms with Crippen LogP contribution in [0.1, 0.15) is 73.6 Å². The molecule has 7 nitrogen and oxygen atoms in total. The van der Waals surface area contributed by atoms with Gasteiger partial charge in [0.05, 0.1) is 16.9 Å². The lowest BCUT2D eigenvalue weighted by molar-refractivity contribution is -0.203. The standard InChI is InChI=1S/C29H39ClO7/c1-7-24(34)37-29(23(33)15-36-25(35)16(2)3)17(4)12-21-20-9-8-18-13-19(31)10-11-26(18,5)28(20,30)22(32)14-27(21,29)6/h10-11,13,16-17,20-22,32H,7-9,12,14-15H2,1-6H3. The quantitative estimate of drug-likeness (QED) is 0.399. The molecular formula is C29H39ClO7. The molecule has 3 fully saturated rings. The Balaban J connectivity index is 1.79. The van der Waals surface area contributed by atoms with Crippen LogP contribution in [0.15, 0.2) is 23.8 Å². The molecule has 1 N–H and O–H groups in total. The van der Waals surface area contributed by atoms with Crippen LogP contribution in [0.5, 0.6) is 0 Å². The lowest BCUT2D eigenvalue weighted by Gasteiger charge is -2.64. The monoisotopic (exact) mass is 534 g/mol. The maximum absolute atomic E-state index is 14.0. The molecule has 0 heterocycles. The fourth-order valence-corrected chi connectivity index (χ4v) is 8.58. The molecule has 0 spiro atoms. The maximum atomic E-state index is 14.0. The van der Waals surface area contributed by atoms with Crippen molar-refractivity contribution < 1.29 is 33.8 Å². The summed E-state index contributed by atoms with van der Waals surface area (Å²) in [5, 5.41) is 11.8. The number of alkyl halides is 1. The number of fused-ring (bicyclic) bond motifs is 5. The van der Waals surface area contributed by atoms with Crippen LogP contribution in [0, 0.1) is 34.5 Å². The molecule has 204 valence electrons. The van der Waals surface area contributed by atoms with Crippen LogP contribution in [0.3, 0.4) is 0 Å². The smallest absolute Gasteiger partial charge is 0.308 e. The van der Waals surface area contributed by atoms with Crippen molar-refractivity contribution in [3.8, 4) is 0 Å². The van der Waals surface area contributed by atoms with Crippen molar-refractivity contribution in [2.24, 2.45) is 34.5 Å². The first-order chi connectivity index (χ1) is 17.2. The molecule has 4 aliphatic rings. The normalized spacial score (nSPS) is 42.4. The highest BCUT2D eigenvalue weighted by atomic mass is 35.5. The zero-order valence-electron chi connectivity index (χ0n) is 22.6. The van der Waals surface area contributed by atoms with Gasteiger partial charge in [0.2, 0.25) is 5.78 Å². The van der Waals surface area contributed by atoms with Crippen LogP contribution in [0.25, 0.3) is 0 Å². The highest BCUT2D eigenvalue weighted by Crippen LogP contribution is 2.72. The van der Waals surface area contributed by atoms with Crippen molar-refractivity contribution >= 4 is 35.1 Å². The van der Waals surface area contributed by atoms with E-state index in [0.29, 0.717) is 19.3 Å². The van der Waals surface area contributed by atoms with Crippen LogP contribution < -0.4 is 0 Å². The molecule has 8 atom stereocenters. The molecule has 4 aliphatic carbocycles. The van der Waals surface area contributed by atoms with Crippen molar-refractivity contribution in [1.82, 2.24) is 0 Å². The number of esters is 2. The van der Waals surface area contributed by atoms with E-state index in [1.54, 1.807) is 26.8 Å². The molecule has 0 bridgehead atoms. The van der Waals surface area contributed by atoms with Gasteiger partial charge >= 0.3 is 11.9 Å². The van der Waals surface area contributed by atoms with Gasteiger partial charge in [0, 0.05) is 23.2 Å². The summed E-state index contributed by atoms with van der Waals surface area (Å²) in [4.78, 5) is 50.0. The lowest BCUT2D eigenvalue weighted by Crippen LogP contribution is -2.69. The van der Waals surface area contributed by atoms with E-state index < -0.39 is 57.7 Å². The van der Waals surface area contributed by atoms with Gasteiger partial charge in [-0.3, -0.25) is 19.2 Å². The van der Waals surface area contributed by atoms with Crippen LogP contribution in [0.2, 0.25) is 0 Å². The highest BCUT2D eigenvalue weighted by molar-refractivity contribution is 6.26. The minimum atomic E-state index is -1.56. The van der Waals surface area contributed by atoms with Crippen molar-refractivity contribution in [3.63, 3.8) is 0 Å². The van der Waals surface area contributed by atoms with E-state index in [9.17, 15) is 24.3 Å². The molecular weight excluding hydrogens is 496 g/mol. The summed E-state index contributed by atoms with van der Waals surface area (Å²) in [7, 11) is 0. The predicted molar refractivity (Wildman–Crippen MR) is 138 cm³/mol. The van der Waals surface area contributed by atoms with Gasteiger partial charge in [0.15, 0.2) is 18.0 Å². The average Bonchev–Trinajstić information content (AvgIpc) is 3.05. The third-order valence-corrected chi connectivity index (χ3v) is 10.9. The fraction of sp³-hybridized carbons (Fsp3) is 0.724. The Bertz CT molecular complexity index is 1080. The van der Waals surface area contributed by atoms with Crippen molar-refractivity contribution in [2.75, 3.05) is 6.61 Å². The Kier molecular flexibility index (Phi) is 7.07. The number of hydrogen-bond acceptors (Lipinski definition) is 7. The highest BCUT2D eigenvalue weighted by Gasteiger charge is 2.76. The SMILES string of the molecule is CCC(=O)OC1(C(=O)COC(=O)C(C)C)C(C)CC2C3CCC4=CC(=O)C=CC4(C)C3(Cl)C(O)CC21C. The zero-order chi connectivity index (χ0) is 27.6. The minimum absolute atomic E-state index is 0.0807. The molecule has 0 aromatic rings. The average molecular weight is 535 g/mol. The van der Waals surface area contributed by atoms with E-state index in [1.807, 2.05) is 26.8 Å². The van der Waals surface area contributed by atoms with Gasteiger partial charge in [-0.25, -0.2) is 0 Å². The number of carbonyl (C=O) groups excluding carboxylic acids is 4. The number of Topliss-reactive ketones (excluding diaryl/α,β-unsaturated/α-hetero) is 1.